The van der Waals surface area contributed by atoms with E-state index < -0.39 is 32.3 Å². The van der Waals surface area contributed by atoms with Gasteiger partial charge in [-0.1, -0.05) is 89.3 Å². The van der Waals surface area contributed by atoms with Crippen LogP contribution in [0.25, 0.3) is 33.6 Å². The van der Waals surface area contributed by atoms with Crippen LogP contribution in [0.1, 0.15) is 70.7 Å². The maximum atomic E-state index is 13.9. The van der Waals surface area contributed by atoms with E-state index in [2.05, 4.69) is 82.2 Å². The first-order valence-electron chi connectivity index (χ1n) is 20.3. The minimum Gasteiger partial charge on any atom is -0.453 e. The Morgan fingerprint density at radius 1 is 0.724 bits per heavy atom. The minimum absolute atomic E-state index is 0.0944. The Labute approximate surface area is 340 Å². The molecule has 2 bridgehead atoms. The fourth-order valence-electron chi connectivity index (χ4n) is 9.11. The first-order valence-corrected chi connectivity index (χ1v) is 23.7. The number of aromatic amines is 2. The molecule has 3 fully saturated rings. The number of amides is 4. The predicted octanol–water partition coefficient (Wildman–Crippen LogP) is 7.08. The van der Waals surface area contributed by atoms with Crippen molar-refractivity contribution in [3.8, 4) is 33.6 Å². The summed E-state index contributed by atoms with van der Waals surface area (Å²) in [6.45, 7) is 12.2. The van der Waals surface area contributed by atoms with Crippen molar-refractivity contribution in [1.82, 2.24) is 40.4 Å². The van der Waals surface area contributed by atoms with Crippen LogP contribution in [0.3, 0.4) is 0 Å². The molecule has 1 aliphatic carbocycles. The lowest BCUT2D eigenvalue weighted by atomic mass is 9.95. The van der Waals surface area contributed by atoms with Crippen molar-refractivity contribution in [2.45, 2.75) is 96.3 Å². The van der Waals surface area contributed by atoms with Crippen molar-refractivity contribution in [2.24, 2.45) is 17.8 Å². The lowest BCUT2D eigenvalue weighted by Crippen LogP contribution is -2.54. The number of piperidine rings is 1. The van der Waals surface area contributed by atoms with E-state index in [9.17, 15) is 19.2 Å². The Balaban J connectivity index is 1.04. The Morgan fingerprint density at radius 3 is 1.72 bits per heavy atom. The van der Waals surface area contributed by atoms with Crippen molar-refractivity contribution in [1.29, 1.82) is 0 Å². The molecule has 1 saturated carbocycles. The molecule has 2 aromatic carbocycles. The molecule has 4 N–H and O–H groups in total. The number of carbonyl (C=O) groups excluding carboxylic acids is 4. The van der Waals surface area contributed by atoms with Gasteiger partial charge in [0.2, 0.25) is 11.8 Å². The van der Waals surface area contributed by atoms with Crippen LogP contribution >= 0.6 is 0 Å². The van der Waals surface area contributed by atoms with Crippen molar-refractivity contribution >= 4 is 32.1 Å². The van der Waals surface area contributed by atoms with E-state index >= 15 is 0 Å². The normalized spacial score (nSPS) is 22.0. The summed E-state index contributed by atoms with van der Waals surface area (Å²) in [5.74, 6) is 1.41. The van der Waals surface area contributed by atoms with Crippen LogP contribution in [-0.4, -0.2) is 100 Å². The summed E-state index contributed by atoms with van der Waals surface area (Å²) in [6.07, 6.45) is 6.05. The summed E-state index contributed by atoms with van der Waals surface area (Å²) in [5.41, 5.74) is 5.85. The first kappa shape index (κ1) is 40.7. The average Bonchev–Trinajstić information content (AvgIpc) is 4.07. The monoisotopic (exact) mass is 808 g/mol. The third-order valence-corrected chi connectivity index (χ3v) is 14.8. The fraction of sp³-hybridized carbons (Fsp3) is 0.488. The SMILES string of the molecule is COC(=O)N[C@H](C(=O)N1C[Si](C)(C)C[C@H]1c1ncc(-c2ccc(-c3ccc(-c4cnc([C@@H]5[C@H]6CC[C@H](C6)N5C(=O)[C@@H](NC(=O)OC)C(C)C)[nH]4)cc3)cc2)[nH]1)C(C)C. The smallest absolute Gasteiger partial charge is 0.407 e. The van der Waals surface area contributed by atoms with Gasteiger partial charge in [-0.05, 0) is 65.3 Å². The van der Waals surface area contributed by atoms with E-state index in [1.807, 2.05) is 49.9 Å². The Kier molecular flexibility index (Phi) is 11.5. The number of alkyl carbamates (subject to hydrolysis) is 2. The first-order chi connectivity index (χ1) is 27.7. The molecule has 4 heterocycles. The third kappa shape index (κ3) is 8.13. The molecule has 2 aromatic heterocycles. The Bertz CT molecular complexity index is 2130. The third-order valence-electron chi connectivity index (χ3n) is 12.1. The molecule has 58 heavy (non-hydrogen) atoms. The number of rotatable bonds is 11. The number of nitrogens with one attached hydrogen (secondary N) is 4. The molecule has 4 amide bonds. The van der Waals surface area contributed by atoms with Gasteiger partial charge in [0, 0.05) is 12.2 Å². The fourth-order valence-corrected chi connectivity index (χ4v) is 12.0. The number of fused-ring (bicyclic) bond motifs is 2. The van der Waals surface area contributed by atoms with Gasteiger partial charge < -0.3 is 39.9 Å². The van der Waals surface area contributed by atoms with E-state index in [1.165, 1.54) is 14.2 Å². The average molecular weight is 809 g/mol. The second-order valence-electron chi connectivity index (χ2n) is 17.5. The number of hydrogen-bond acceptors (Lipinski definition) is 8. The number of hydrogen-bond donors (Lipinski definition) is 4. The number of benzene rings is 2. The van der Waals surface area contributed by atoms with Crippen molar-refractivity contribution in [3.63, 3.8) is 0 Å². The number of carbonyl (C=O) groups is 4. The van der Waals surface area contributed by atoms with Crippen LogP contribution in [0.2, 0.25) is 19.1 Å². The van der Waals surface area contributed by atoms with Gasteiger partial charge in [-0.25, -0.2) is 19.6 Å². The summed E-state index contributed by atoms with van der Waals surface area (Å²) >= 11 is 0. The van der Waals surface area contributed by atoms with Gasteiger partial charge in [0.25, 0.3) is 0 Å². The number of nitrogens with zero attached hydrogens (tertiary/aromatic N) is 4. The molecule has 6 atom stereocenters. The number of ether oxygens (including phenoxy) is 2. The number of imidazole rings is 2. The molecule has 14 nitrogen and oxygen atoms in total. The summed E-state index contributed by atoms with van der Waals surface area (Å²) in [5, 5.41) is 5.49. The van der Waals surface area contributed by atoms with Gasteiger partial charge in [0.1, 0.15) is 23.7 Å². The Hall–Kier alpha value is -5.44. The molecular weight excluding hydrogens is 753 g/mol. The summed E-state index contributed by atoms with van der Waals surface area (Å²) in [7, 11) is 0.862. The van der Waals surface area contributed by atoms with Crippen molar-refractivity contribution in [3.05, 3.63) is 72.6 Å². The number of H-pyrrole nitrogens is 2. The Morgan fingerprint density at radius 2 is 1.21 bits per heavy atom. The number of likely N-dealkylation sites (tertiary alicyclic amines) is 1. The second kappa shape index (κ2) is 16.4. The van der Waals surface area contributed by atoms with Crippen LogP contribution in [0, 0.1) is 17.8 Å². The van der Waals surface area contributed by atoms with E-state index in [0.29, 0.717) is 12.1 Å². The topological polar surface area (TPSA) is 175 Å². The molecular formula is C43H56N8O6Si. The highest BCUT2D eigenvalue weighted by Gasteiger charge is 2.51. The minimum atomic E-state index is -1.74. The van der Waals surface area contributed by atoms with Gasteiger partial charge in [-0.3, -0.25) is 9.59 Å². The van der Waals surface area contributed by atoms with Crippen molar-refractivity contribution in [2.75, 3.05) is 20.4 Å². The van der Waals surface area contributed by atoms with Crippen LogP contribution < -0.4 is 10.6 Å². The molecule has 0 spiro atoms. The summed E-state index contributed by atoms with van der Waals surface area (Å²) < 4.78 is 9.63. The molecule has 2 saturated heterocycles. The van der Waals surface area contributed by atoms with E-state index in [0.717, 1.165) is 70.6 Å². The maximum absolute atomic E-state index is 13.9. The number of methoxy groups -OCH3 is 2. The highest BCUT2D eigenvalue weighted by atomic mass is 28.3. The molecule has 3 aliphatic rings. The zero-order chi connectivity index (χ0) is 41.5. The highest BCUT2D eigenvalue weighted by molar-refractivity contribution is 6.78. The van der Waals surface area contributed by atoms with Gasteiger partial charge in [-0.2, -0.15) is 0 Å². The largest absolute Gasteiger partial charge is 0.453 e. The van der Waals surface area contributed by atoms with E-state index in [4.69, 9.17) is 19.4 Å². The molecule has 2 aliphatic heterocycles. The number of aromatic nitrogens is 4. The highest BCUT2D eigenvalue weighted by Crippen LogP contribution is 2.50. The zero-order valence-corrected chi connectivity index (χ0v) is 35.7. The van der Waals surface area contributed by atoms with Crippen molar-refractivity contribution < 1.29 is 28.7 Å². The van der Waals surface area contributed by atoms with Crippen LogP contribution in [-0.2, 0) is 19.1 Å². The predicted molar refractivity (Wildman–Crippen MR) is 223 cm³/mol. The summed E-state index contributed by atoms with van der Waals surface area (Å²) in [6, 6.07) is 15.9. The van der Waals surface area contributed by atoms with Crippen LogP contribution in [0.4, 0.5) is 9.59 Å². The standard InChI is InChI=1S/C43H56N8O6Si/c1-24(2)35(48-42(54)56-5)40(52)50-23-58(7,8)22-34(50)38-44-20-32(46-38)28-13-9-26(10-14-28)27-11-15-29(16-12-27)33-21-45-39(47-33)37-30-17-18-31(19-30)51(37)41(53)36(25(3)4)49-43(55)57-6/h9-16,20-21,24-25,30-31,34-37H,17-19,22-23H2,1-8H3,(H,44,46)(H,45,47)(H,48,54)(H,49,55)/t30-,31+,34-,35-,36-,37-/m0/s1. The van der Waals surface area contributed by atoms with Gasteiger partial charge in [-0.15, -0.1) is 0 Å². The maximum Gasteiger partial charge on any atom is 0.407 e. The van der Waals surface area contributed by atoms with Gasteiger partial charge in [0.05, 0.1) is 58.2 Å². The lowest BCUT2D eigenvalue weighted by molar-refractivity contribution is -0.139. The van der Waals surface area contributed by atoms with Crippen LogP contribution in [0.15, 0.2) is 60.9 Å². The second-order valence-corrected chi connectivity index (χ2v) is 22.6. The quantitative estimate of drug-likeness (QED) is 0.116. The molecule has 0 unspecified atom stereocenters. The van der Waals surface area contributed by atoms with Gasteiger partial charge >= 0.3 is 12.2 Å². The van der Waals surface area contributed by atoms with E-state index in [1.54, 1.807) is 0 Å². The molecule has 15 heteroatoms. The lowest BCUT2D eigenvalue weighted by Gasteiger charge is -2.37. The molecule has 7 rings (SSSR count). The molecule has 0 radical (unpaired) electrons. The zero-order valence-electron chi connectivity index (χ0n) is 34.7. The van der Waals surface area contributed by atoms with Crippen LogP contribution in [0.5, 0.6) is 0 Å². The van der Waals surface area contributed by atoms with E-state index in [-0.39, 0.29) is 41.8 Å². The molecule has 4 aromatic rings. The summed E-state index contributed by atoms with van der Waals surface area (Å²) in [4.78, 5) is 72.4. The molecule has 308 valence electrons. The van der Waals surface area contributed by atoms with Gasteiger partial charge in [0.15, 0.2) is 0 Å².